The van der Waals surface area contributed by atoms with Gasteiger partial charge in [0.15, 0.2) is 0 Å². The highest BCUT2D eigenvalue weighted by Gasteiger charge is 2.32. The summed E-state index contributed by atoms with van der Waals surface area (Å²) in [5, 5.41) is 0. The van der Waals surface area contributed by atoms with Crippen molar-refractivity contribution < 1.29 is 17.9 Å². The molecule has 1 heterocycles. The van der Waals surface area contributed by atoms with Crippen LogP contribution in [0.25, 0.3) is 0 Å². The van der Waals surface area contributed by atoms with Crippen LogP contribution in [0, 0.1) is 0 Å². The first-order chi connectivity index (χ1) is 6.54. The molecule has 6 heteroatoms. The van der Waals surface area contributed by atoms with E-state index in [0.29, 0.717) is 0 Å². The predicted octanol–water partition coefficient (Wildman–Crippen LogP) is 1.44. The number of pyridine rings is 1. The number of nitrogens with zero attached hydrogens (tertiary/aromatic N) is 1. The monoisotopic (exact) mass is 206 g/mol. The topological polar surface area (TPSA) is 48.1 Å². The third-order valence-corrected chi connectivity index (χ3v) is 1.41. The van der Waals surface area contributed by atoms with Gasteiger partial charge in [0.1, 0.15) is 18.1 Å². The molecule has 0 unspecified atom stereocenters. The zero-order valence-electron chi connectivity index (χ0n) is 7.21. The third kappa shape index (κ3) is 2.88. The summed E-state index contributed by atoms with van der Waals surface area (Å²) in [5.74, 6) is 0.123. The number of hydrogen-bond acceptors (Lipinski definition) is 3. The van der Waals surface area contributed by atoms with E-state index in [0.717, 1.165) is 12.3 Å². The van der Waals surface area contributed by atoms with E-state index < -0.39 is 11.9 Å². The summed E-state index contributed by atoms with van der Waals surface area (Å²) in [4.78, 5) is 3.18. The highest BCUT2D eigenvalue weighted by molar-refractivity contribution is 5.24. The SMILES string of the molecule is NCCOc1ccnc(C(F)(F)F)c1. The van der Waals surface area contributed by atoms with Gasteiger partial charge in [0.05, 0.1) is 0 Å². The molecule has 0 aliphatic rings. The molecule has 0 amide bonds. The number of aromatic nitrogens is 1. The Morgan fingerprint density at radius 3 is 2.71 bits per heavy atom. The van der Waals surface area contributed by atoms with Crippen molar-refractivity contribution >= 4 is 0 Å². The minimum atomic E-state index is -4.44. The molecular formula is C8H9F3N2O. The maximum absolute atomic E-state index is 12.1. The Labute approximate surface area is 78.7 Å². The lowest BCUT2D eigenvalue weighted by atomic mass is 10.3. The smallest absolute Gasteiger partial charge is 0.433 e. The van der Waals surface area contributed by atoms with Crippen LogP contribution in [0.15, 0.2) is 18.3 Å². The minimum absolute atomic E-state index is 0.123. The number of alkyl halides is 3. The lowest BCUT2D eigenvalue weighted by Gasteiger charge is -2.08. The summed E-state index contributed by atoms with van der Waals surface area (Å²) in [5.41, 5.74) is 4.17. The fraction of sp³-hybridized carbons (Fsp3) is 0.375. The summed E-state index contributed by atoms with van der Waals surface area (Å²) in [6.45, 7) is 0.436. The Balaban J connectivity index is 2.79. The molecule has 0 spiro atoms. The Hall–Kier alpha value is -1.30. The van der Waals surface area contributed by atoms with E-state index in [1.54, 1.807) is 0 Å². The average Bonchev–Trinajstić information content (AvgIpc) is 2.14. The molecule has 3 nitrogen and oxygen atoms in total. The van der Waals surface area contributed by atoms with E-state index in [-0.39, 0.29) is 18.9 Å². The van der Waals surface area contributed by atoms with E-state index in [1.165, 1.54) is 6.07 Å². The normalized spacial score (nSPS) is 11.4. The summed E-state index contributed by atoms with van der Waals surface area (Å²) in [6.07, 6.45) is -3.39. The van der Waals surface area contributed by atoms with Gasteiger partial charge in [0.2, 0.25) is 0 Å². The van der Waals surface area contributed by atoms with Crippen molar-refractivity contribution in [1.82, 2.24) is 4.98 Å². The van der Waals surface area contributed by atoms with E-state index >= 15 is 0 Å². The molecule has 0 atom stereocenters. The number of halogens is 3. The first kappa shape index (κ1) is 10.8. The molecule has 0 saturated heterocycles. The molecule has 1 rings (SSSR count). The quantitative estimate of drug-likeness (QED) is 0.813. The Morgan fingerprint density at radius 1 is 1.43 bits per heavy atom. The van der Waals surface area contributed by atoms with Gasteiger partial charge in [-0.05, 0) is 6.07 Å². The van der Waals surface area contributed by atoms with E-state index in [2.05, 4.69) is 4.98 Å². The molecule has 1 aromatic rings. The maximum atomic E-state index is 12.1. The van der Waals surface area contributed by atoms with Crippen LogP contribution >= 0.6 is 0 Å². The van der Waals surface area contributed by atoms with Gasteiger partial charge in [-0.1, -0.05) is 0 Å². The largest absolute Gasteiger partial charge is 0.492 e. The zero-order chi connectivity index (χ0) is 10.6. The molecule has 1 aromatic heterocycles. The van der Waals surface area contributed by atoms with Gasteiger partial charge in [-0.3, -0.25) is 4.98 Å². The van der Waals surface area contributed by atoms with Crippen LogP contribution in [0.2, 0.25) is 0 Å². The van der Waals surface area contributed by atoms with Crippen molar-refractivity contribution in [3.8, 4) is 5.75 Å². The van der Waals surface area contributed by atoms with Crippen LogP contribution < -0.4 is 10.5 Å². The summed E-state index contributed by atoms with van der Waals surface area (Å²) in [7, 11) is 0. The molecule has 78 valence electrons. The fourth-order valence-corrected chi connectivity index (χ4v) is 0.833. The van der Waals surface area contributed by atoms with Gasteiger partial charge >= 0.3 is 6.18 Å². The highest BCUT2D eigenvalue weighted by Crippen LogP contribution is 2.29. The van der Waals surface area contributed by atoms with Gasteiger partial charge in [-0.25, -0.2) is 0 Å². The highest BCUT2D eigenvalue weighted by atomic mass is 19.4. The third-order valence-electron chi connectivity index (χ3n) is 1.41. The van der Waals surface area contributed by atoms with Gasteiger partial charge in [0, 0.05) is 18.8 Å². The van der Waals surface area contributed by atoms with Crippen molar-refractivity contribution in [3.05, 3.63) is 24.0 Å². The second-order valence-electron chi connectivity index (χ2n) is 2.51. The first-order valence-electron chi connectivity index (χ1n) is 3.90. The molecule has 0 fully saturated rings. The van der Waals surface area contributed by atoms with Gasteiger partial charge in [-0.2, -0.15) is 13.2 Å². The van der Waals surface area contributed by atoms with Crippen LogP contribution in [0.1, 0.15) is 5.69 Å². The van der Waals surface area contributed by atoms with E-state index in [1.807, 2.05) is 0 Å². The van der Waals surface area contributed by atoms with Crippen LogP contribution in [-0.2, 0) is 6.18 Å². The van der Waals surface area contributed by atoms with Gasteiger partial charge in [-0.15, -0.1) is 0 Å². The Kier molecular flexibility index (Phi) is 3.29. The molecule has 0 radical (unpaired) electrons. The molecule has 0 aromatic carbocycles. The number of nitrogens with two attached hydrogens (primary N) is 1. The first-order valence-corrected chi connectivity index (χ1v) is 3.90. The molecule has 2 N–H and O–H groups in total. The molecule has 0 saturated carbocycles. The van der Waals surface area contributed by atoms with Crippen molar-refractivity contribution in [2.24, 2.45) is 5.73 Å². The number of ether oxygens (including phenoxy) is 1. The van der Waals surface area contributed by atoms with Crippen LogP contribution in [-0.4, -0.2) is 18.1 Å². The number of rotatable bonds is 3. The van der Waals surface area contributed by atoms with Crippen molar-refractivity contribution in [1.29, 1.82) is 0 Å². The molecule has 0 aliphatic heterocycles. The lowest BCUT2D eigenvalue weighted by Crippen LogP contribution is -2.12. The van der Waals surface area contributed by atoms with Crippen molar-refractivity contribution in [3.63, 3.8) is 0 Å². The molecule has 0 aliphatic carbocycles. The molecule has 0 bridgehead atoms. The Morgan fingerprint density at radius 2 is 2.14 bits per heavy atom. The van der Waals surface area contributed by atoms with E-state index in [9.17, 15) is 13.2 Å². The minimum Gasteiger partial charge on any atom is -0.492 e. The lowest BCUT2D eigenvalue weighted by molar-refractivity contribution is -0.141. The standard InChI is InChI=1S/C8H9F3N2O/c9-8(10,11)7-5-6(1-3-13-7)14-4-2-12/h1,3,5H,2,4,12H2. The second kappa shape index (κ2) is 4.28. The average molecular weight is 206 g/mol. The van der Waals surface area contributed by atoms with Crippen molar-refractivity contribution in [2.75, 3.05) is 13.2 Å². The molecule has 14 heavy (non-hydrogen) atoms. The second-order valence-corrected chi connectivity index (χ2v) is 2.51. The fourth-order valence-electron chi connectivity index (χ4n) is 0.833. The molecular weight excluding hydrogens is 197 g/mol. The van der Waals surface area contributed by atoms with Crippen LogP contribution in [0.3, 0.4) is 0 Å². The number of hydrogen-bond donors (Lipinski definition) is 1. The Bertz CT molecular complexity index is 301. The predicted molar refractivity (Wildman–Crippen MR) is 43.8 cm³/mol. The van der Waals surface area contributed by atoms with Crippen LogP contribution in [0.4, 0.5) is 13.2 Å². The maximum Gasteiger partial charge on any atom is 0.433 e. The van der Waals surface area contributed by atoms with Gasteiger partial charge in [0.25, 0.3) is 0 Å². The van der Waals surface area contributed by atoms with Crippen LogP contribution in [0.5, 0.6) is 5.75 Å². The summed E-state index contributed by atoms with van der Waals surface area (Å²) >= 11 is 0. The van der Waals surface area contributed by atoms with Crippen molar-refractivity contribution in [2.45, 2.75) is 6.18 Å². The van der Waals surface area contributed by atoms with Gasteiger partial charge < -0.3 is 10.5 Å². The summed E-state index contributed by atoms with van der Waals surface area (Å²) < 4.78 is 41.4. The zero-order valence-corrected chi connectivity index (χ0v) is 7.21. The van der Waals surface area contributed by atoms with E-state index in [4.69, 9.17) is 10.5 Å². The summed E-state index contributed by atoms with van der Waals surface area (Å²) in [6, 6.07) is 2.19.